The van der Waals surface area contributed by atoms with E-state index in [0.717, 1.165) is 72.4 Å². The van der Waals surface area contributed by atoms with Crippen LogP contribution in [-0.4, -0.2) is 19.5 Å². The lowest BCUT2D eigenvalue weighted by Crippen LogP contribution is -1.96. The highest BCUT2D eigenvalue weighted by Crippen LogP contribution is 2.41. The third-order valence-corrected chi connectivity index (χ3v) is 11.0. The van der Waals surface area contributed by atoms with Crippen molar-refractivity contribution in [1.82, 2.24) is 19.5 Å². The van der Waals surface area contributed by atoms with Crippen LogP contribution in [0.25, 0.3) is 105 Å². The van der Waals surface area contributed by atoms with Crippen LogP contribution in [0.1, 0.15) is 0 Å². The van der Waals surface area contributed by atoms with Crippen LogP contribution in [0.2, 0.25) is 0 Å². The molecule has 3 heterocycles. The van der Waals surface area contributed by atoms with E-state index in [0.29, 0.717) is 5.82 Å². The zero-order chi connectivity index (χ0) is 37.7. The molecule has 0 aliphatic heterocycles. The van der Waals surface area contributed by atoms with Crippen molar-refractivity contribution in [1.29, 1.82) is 0 Å². The fourth-order valence-corrected chi connectivity index (χ4v) is 8.22. The van der Waals surface area contributed by atoms with E-state index in [4.69, 9.17) is 15.0 Å². The molecular weight excluding hydrogens is 693 g/mol. The van der Waals surface area contributed by atoms with Gasteiger partial charge >= 0.3 is 0 Å². The van der Waals surface area contributed by atoms with E-state index in [-0.39, 0.29) is 0 Å². The molecule has 0 bridgehead atoms. The van der Waals surface area contributed by atoms with Gasteiger partial charge in [0.05, 0.1) is 33.6 Å². The fraction of sp³-hybridized carbons (Fsp3) is 0. The fourth-order valence-electron chi connectivity index (χ4n) is 8.22. The van der Waals surface area contributed by atoms with Gasteiger partial charge in [-0.2, -0.15) is 0 Å². The summed E-state index contributed by atoms with van der Waals surface area (Å²) in [4.78, 5) is 15.4. The third kappa shape index (κ3) is 5.74. The van der Waals surface area contributed by atoms with Gasteiger partial charge in [0.25, 0.3) is 0 Å². The Morgan fingerprint density at radius 2 is 0.860 bits per heavy atom. The number of nitrogens with zero attached hydrogens (tertiary/aromatic N) is 4. The van der Waals surface area contributed by atoms with Crippen molar-refractivity contribution in [3.05, 3.63) is 206 Å². The van der Waals surface area contributed by atoms with Crippen LogP contribution < -0.4 is 0 Å². The molecular formula is C53H34N4. The van der Waals surface area contributed by atoms with E-state index in [1.165, 1.54) is 27.2 Å². The molecule has 0 atom stereocenters. The zero-order valence-corrected chi connectivity index (χ0v) is 30.9. The molecule has 0 saturated carbocycles. The van der Waals surface area contributed by atoms with Crippen LogP contribution in [0, 0.1) is 0 Å². The Bertz CT molecular complexity index is 3190. The lowest BCUT2D eigenvalue weighted by Gasteiger charge is -2.14. The summed E-state index contributed by atoms with van der Waals surface area (Å²) in [6, 6.07) is 72.6. The van der Waals surface area contributed by atoms with Crippen LogP contribution in [0.4, 0.5) is 0 Å². The summed E-state index contributed by atoms with van der Waals surface area (Å²) in [5.74, 6) is 0.709. The van der Waals surface area contributed by atoms with Gasteiger partial charge in [0.2, 0.25) is 0 Å². The van der Waals surface area contributed by atoms with Gasteiger partial charge in [-0.25, -0.2) is 15.0 Å². The number of benzene rings is 8. The van der Waals surface area contributed by atoms with Crippen LogP contribution >= 0.6 is 0 Å². The average molecular weight is 727 g/mol. The quantitative estimate of drug-likeness (QED) is 0.160. The highest BCUT2D eigenvalue weighted by Gasteiger charge is 2.18. The summed E-state index contributed by atoms with van der Waals surface area (Å²) in [7, 11) is 0. The molecule has 11 aromatic rings. The number of pyridine rings is 1. The summed E-state index contributed by atoms with van der Waals surface area (Å²) in [5, 5.41) is 5.86. The normalized spacial score (nSPS) is 11.5. The van der Waals surface area contributed by atoms with Crippen LogP contribution in [0.3, 0.4) is 0 Å². The first-order chi connectivity index (χ1) is 28.2. The lowest BCUT2D eigenvalue weighted by molar-refractivity contribution is 1.18. The van der Waals surface area contributed by atoms with Crippen molar-refractivity contribution in [3.63, 3.8) is 0 Å². The number of rotatable bonds is 6. The first kappa shape index (κ1) is 32.7. The molecule has 4 nitrogen and oxygen atoms in total. The van der Waals surface area contributed by atoms with Gasteiger partial charge in [0.15, 0.2) is 5.82 Å². The number of aromatic nitrogens is 4. The Morgan fingerprint density at radius 1 is 0.298 bits per heavy atom. The minimum absolute atomic E-state index is 0.709. The van der Waals surface area contributed by atoms with Crippen LogP contribution in [-0.2, 0) is 0 Å². The summed E-state index contributed by atoms with van der Waals surface area (Å²) >= 11 is 0. The molecule has 0 N–H and O–H groups in total. The van der Waals surface area contributed by atoms with Gasteiger partial charge in [-0.3, -0.25) is 0 Å². The molecule has 0 saturated heterocycles. The van der Waals surface area contributed by atoms with Gasteiger partial charge in [-0.15, -0.1) is 0 Å². The molecule has 0 radical (unpaired) electrons. The van der Waals surface area contributed by atoms with E-state index in [1.54, 1.807) is 0 Å². The maximum Gasteiger partial charge on any atom is 0.160 e. The molecule has 4 heteroatoms. The Morgan fingerprint density at radius 3 is 1.56 bits per heavy atom. The molecule has 266 valence electrons. The Labute approximate surface area is 330 Å². The topological polar surface area (TPSA) is 43.6 Å². The van der Waals surface area contributed by atoms with Crippen molar-refractivity contribution in [2.24, 2.45) is 0 Å². The smallest absolute Gasteiger partial charge is 0.160 e. The number of hydrogen-bond acceptors (Lipinski definition) is 3. The van der Waals surface area contributed by atoms with E-state index in [2.05, 4.69) is 174 Å². The predicted octanol–water partition coefficient (Wildman–Crippen LogP) is 13.6. The highest BCUT2D eigenvalue weighted by atomic mass is 15.0. The Kier molecular flexibility index (Phi) is 7.78. The molecule has 0 amide bonds. The van der Waals surface area contributed by atoms with Gasteiger partial charge in [0.1, 0.15) is 0 Å². The molecule has 0 spiro atoms. The number of para-hydroxylation sites is 2. The first-order valence-corrected chi connectivity index (χ1v) is 19.3. The van der Waals surface area contributed by atoms with Crippen LogP contribution in [0.5, 0.6) is 0 Å². The second kappa shape index (κ2) is 13.6. The molecule has 0 fully saturated rings. The molecule has 11 rings (SSSR count). The maximum atomic E-state index is 5.36. The summed E-state index contributed by atoms with van der Waals surface area (Å²) in [6.07, 6.45) is 0. The van der Waals surface area contributed by atoms with Crippen molar-refractivity contribution in [3.8, 4) is 62.0 Å². The maximum absolute atomic E-state index is 5.36. The highest BCUT2D eigenvalue weighted by molar-refractivity contribution is 6.20. The van der Waals surface area contributed by atoms with Gasteiger partial charge in [0, 0.05) is 49.5 Å². The van der Waals surface area contributed by atoms with Crippen LogP contribution in [0.15, 0.2) is 206 Å². The van der Waals surface area contributed by atoms with Gasteiger partial charge < -0.3 is 4.57 Å². The zero-order valence-electron chi connectivity index (χ0n) is 30.9. The number of hydrogen-bond donors (Lipinski definition) is 0. The van der Waals surface area contributed by atoms with E-state index in [1.807, 2.05) is 36.4 Å². The Balaban J connectivity index is 1.08. The number of fused-ring (bicyclic) bond motifs is 6. The second-order valence-corrected chi connectivity index (χ2v) is 14.4. The summed E-state index contributed by atoms with van der Waals surface area (Å²) in [6.45, 7) is 0. The third-order valence-electron chi connectivity index (χ3n) is 11.0. The first-order valence-electron chi connectivity index (χ1n) is 19.3. The van der Waals surface area contributed by atoms with Crippen molar-refractivity contribution in [2.75, 3.05) is 0 Å². The van der Waals surface area contributed by atoms with Gasteiger partial charge in [-0.05, 0) is 65.0 Å². The largest absolute Gasteiger partial charge is 0.309 e. The standard InChI is InChI=1S/C53H34N4/c1-5-15-36(16-6-1)48-34-49(56-53(55-48)39-19-9-3-10-20-39)37-27-25-35(26-28-37)40-29-30-47-44(31-40)43-33-51-45(32-46(43)52(54-47)38-17-7-2-8-18-38)42-23-13-14-24-50(42)57(51)41-21-11-4-12-22-41/h1-34H. The molecule has 0 unspecified atom stereocenters. The van der Waals surface area contributed by atoms with E-state index >= 15 is 0 Å². The molecule has 3 aromatic heterocycles. The Hall–Kier alpha value is -7.69. The van der Waals surface area contributed by atoms with E-state index < -0.39 is 0 Å². The average Bonchev–Trinajstić information content (AvgIpc) is 3.62. The predicted molar refractivity (Wildman–Crippen MR) is 236 cm³/mol. The van der Waals surface area contributed by atoms with Crippen molar-refractivity contribution >= 4 is 43.5 Å². The molecule has 8 aromatic carbocycles. The van der Waals surface area contributed by atoms with Gasteiger partial charge in [-0.1, -0.05) is 158 Å². The minimum Gasteiger partial charge on any atom is -0.309 e. The van der Waals surface area contributed by atoms with Crippen molar-refractivity contribution < 1.29 is 0 Å². The molecule has 57 heavy (non-hydrogen) atoms. The van der Waals surface area contributed by atoms with E-state index in [9.17, 15) is 0 Å². The van der Waals surface area contributed by atoms with Crippen molar-refractivity contribution in [2.45, 2.75) is 0 Å². The SMILES string of the molecule is c1ccc(-c2cc(-c3ccc(-c4ccc5nc(-c6ccccc6)c6cc7c8ccccc8n(-c8ccccc8)c7cc6c5c4)cc3)nc(-c3ccccc3)n2)cc1. The second-order valence-electron chi connectivity index (χ2n) is 14.4. The summed E-state index contributed by atoms with van der Waals surface area (Å²) < 4.78 is 2.39. The summed E-state index contributed by atoms with van der Waals surface area (Å²) in [5.41, 5.74) is 13.7. The monoisotopic (exact) mass is 726 g/mol. The lowest BCUT2D eigenvalue weighted by atomic mass is 9.95. The molecule has 0 aliphatic carbocycles. The molecule has 0 aliphatic rings. The minimum atomic E-state index is 0.709.